The lowest BCUT2D eigenvalue weighted by Crippen LogP contribution is -2.33. The van der Waals surface area contributed by atoms with Gasteiger partial charge in [-0.1, -0.05) is 51.6 Å². The molecule has 2 rings (SSSR count). The molecule has 0 fully saturated rings. The van der Waals surface area contributed by atoms with Gasteiger partial charge >= 0.3 is 0 Å². The molecule has 0 bridgehead atoms. The molecule has 0 spiro atoms. The monoisotopic (exact) mass is 481 g/mol. The van der Waals surface area contributed by atoms with Gasteiger partial charge in [-0.25, -0.2) is 8.42 Å². The van der Waals surface area contributed by atoms with E-state index in [2.05, 4.69) is 29.4 Å². The van der Waals surface area contributed by atoms with E-state index < -0.39 is 10.0 Å². The summed E-state index contributed by atoms with van der Waals surface area (Å²) in [6, 6.07) is 7.04. The van der Waals surface area contributed by atoms with Crippen molar-refractivity contribution in [3.8, 4) is 11.4 Å². The van der Waals surface area contributed by atoms with Crippen LogP contribution in [0.1, 0.15) is 60.4 Å². The number of amides is 1. The van der Waals surface area contributed by atoms with E-state index in [0.717, 1.165) is 12.8 Å². The maximum atomic E-state index is 13.0. The van der Waals surface area contributed by atoms with Gasteiger partial charge in [0.2, 0.25) is 15.9 Å². The first-order valence-electron chi connectivity index (χ1n) is 11.2. The lowest BCUT2D eigenvalue weighted by molar-refractivity contribution is -0.119. The summed E-state index contributed by atoms with van der Waals surface area (Å²) in [4.78, 5) is 12.5. The number of nitrogens with zero attached hydrogens (tertiary/aromatic N) is 4. The Morgan fingerprint density at radius 3 is 2.41 bits per heavy atom. The van der Waals surface area contributed by atoms with Crippen molar-refractivity contribution in [1.82, 2.24) is 24.4 Å². The molecule has 2 unspecified atom stereocenters. The Bertz CT molecular complexity index is 1000. The molecule has 10 heteroatoms. The van der Waals surface area contributed by atoms with Crippen LogP contribution < -0.4 is 5.32 Å². The first kappa shape index (κ1) is 26.3. The third-order valence-corrected chi connectivity index (χ3v) is 8.47. The van der Waals surface area contributed by atoms with Crippen LogP contribution in [0.3, 0.4) is 0 Å². The van der Waals surface area contributed by atoms with Crippen molar-refractivity contribution in [2.75, 3.05) is 18.8 Å². The molecule has 8 nitrogen and oxygen atoms in total. The van der Waals surface area contributed by atoms with Crippen molar-refractivity contribution in [2.24, 2.45) is 0 Å². The summed E-state index contributed by atoms with van der Waals surface area (Å²) in [5.41, 5.74) is 0.682. The smallest absolute Gasteiger partial charge is 0.243 e. The van der Waals surface area contributed by atoms with Gasteiger partial charge in [0.15, 0.2) is 11.0 Å². The second kappa shape index (κ2) is 11.8. The number of carbonyl (C=O) groups excluding carboxylic acids is 1. The lowest BCUT2D eigenvalue weighted by Gasteiger charge is -2.19. The van der Waals surface area contributed by atoms with Crippen LogP contribution in [0.4, 0.5) is 0 Å². The Labute approximate surface area is 196 Å². The molecular weight excluding hydrogens is 446 g/mol. The predicted molar refractivity (Wildman–Crippen MR) is 129 cm³/mol. The Hall–Kier alpha value is -1.91. The summed E-state index contributed by atoms with van der Waals surface area (Å²) >= 11 is 1.34. The van der Waals surface area contributed by atoms with Crippen LogP contribution in [-0.2, 0) is 14.8 Å². The fourth-order valence-electron chi connectivity index (χ4n) is 3.21. The molecule has 178 valence electrons. The molecule has 0 saturated heterocycles. The number of hydrogen-bond donors (Lipinski definition) is 1. The van der Waals surface area contributed by atoms with Gasteiger partial charge in [-0.3, -0.25) is 9.36 Å². The molecule has 2 atom stereocenters. The molecule has 1 aromatic heterocycles. The highest BCUT2D eigenvalue weighted by molar-refractivity contribution is 7.99. The molecule has 32 heavy (non-hydrogen) atoms. The van der Waals surface area contributed by atoms with Gasteiger partial charge in [-0.15, -0.1) is 10.2 Å². The van der Waals surface area contributed by atoms with Crippen molar-refractivity contribution in [2.45, 2.75) is 76.5 Å². The van der Waals surface area contributed by atoms with Crippen LogP contribution in [0, 0.1) is 0 Å². The SMILES string of the molecule is CCC(C)NC(=O)CSc1nnc(-c2cccc(S(=O)(=O)N(CC)CC)c2)n1C(C)CC. The average Bonchev–Trinajstić information content (AvgIpc) is 3.21. The second-order valence-electron chi connectivity index (χ2n) is 7.72. The Morgan fingerprint density at radius 2 is 1.81 bits per heavy atom. The second-order valence-corrected chi connectivity index (χ2v) is 10.6. The van der Waals surface area contributed by atoms with E-state index in [-0.39, 0.29) is 28.6 Å². The Balaban J connectivity index is 2.39. The Kier molecular flexibility index (Phi) is 9.72. The van der Waals surface area contributed by atoms with Crippen LogP contribution in [-0.4, -0.2) is 58.3 Å². The number of aromatic nitrogens is 3. The lowest BCUT2D eigenvalue weighted by atomic mass is 10.2. The van der Waals surface area contributed by atoms with E-state index in [1.165, 1.54) is 16.1 Å². The van der Waals surface area contributed by atoms with Gasteiger partial charge < -0.3 is 5.32 Å². The van der Waals surface area contributed by atoms with E-state index in [0.29, 0.717) is 29.6 Å². The minimum Gasteiger partial charge on any atom is -0.353 e. The molecule has 2 aromatic rings. The van der Waals surface area contributed by atoms with Crippen LogP contribution in [0.15, 0.2) is 34.3 Å². The first-order chi connectivity index (χ1) is 15.2. The summed E-state index contributed by atoms with van der Waals surface area (Å²) < 4.78 is 29.4. The van der Waals surface area contributed by atoms with Gasteiger partial charge in [-0.05, 0) is 38.8 Å². The third kappa shape index (κ3) is 6.11. The van der Waals surface area contributed by atoms with Crippen molar-refractivity contribution in [1.29, 1.82) is 0 Å². The van der Waals surface area contributed by atoms with Crippen molar-refractivity contribution >= 4 is 27.7 Å². The molecule has 1 N–H and O–H groups in total. The molecule has 0 aliphatic rings. The van der Waals surface area contributed by atoms with E-state index in [1.54, 1.807) is 18.2 Å². The van der Waals surface area contributed by atoms with Crippen LogP contribution in [0.2, 0.25) is 0 Å². The topological polar surface area (TPSA) is 97.2 Å². The van der Waals surface area contributed by atoms with Gasteiger partial charge in [-0.2, -0.15) is 4.31 Å². The van der Waals surface area contributed by atoms with Crippen molar-refractivity contribution in [3.05, 3.63) is 24.3 Å². The summed E-state index contributed by atoms with van der Waals surface area (Å²) in [7, 11) is -3.58. The molecular formula is C22H35N5O3S2. The van der Waals surface area contributed by atoms with Crippen molar-refractivity contribution in [3.63, 3.8) is 0 Å². The summed E-state index contributed by atoms with van der Waals surface area (Å²) in [5, 5.41) is 12.3. The minimum atomic E-state index is -3.58. The largest absolute Gasteiger partial charge is 0.353 e. The highest BCUT2D eigenvalue weighted by Gasteiger charge is 2.24. The zero-order chi connectivity index (χ0) is 23.9. The maximum absolute atomic E-state index is 13.0. The quantitative estimate of drug-likeness (QED) is 0.461. The Morgan fingerprint density at radius 1 is 1.12 bits per heavy atom. The van der Waals surface area contributed by atoms with Crippen LogP contribution >= 0.6 is 11.8 Å². The van der Waals surface area contributed by atoms with E-state index in [9.17, 15) is 13.2 Å². The molecule has 0 radical (unpaired) electrons. The summed E-state index contributed by atoms with van der Waals surface area (Å²) in [6.07, 6.45) is 1.71. The molecule has 1 amide bonds. The van der Waals surface area contributed by atoms with E-state index in [1.807, 2.05) is 38.3 Å². The number of rotatable bonds is 12. The fraction of sp³-hybridized carbons (Fsp3) is 0.591. The van der Waals surface area contributed by atoms with Gasteiger partial charge in [0.05, 0.1) is 10.6 Å². The van der Waals surface area contributed by atoms with Crippen LogP contribution in [0.25, 0.3) is 11.4 Å². The van der Waals surface area contributed by atoms with Gasteiger partial charge in [0, 0.05) is 30.7 Å². The maximum Gasteiger partial charge on any atom is 0.243 e. The first-order valence-corrected chi connectivity index (χ1v) is 13.6. The third-order valence-electron chi connectivity index (χ3n) is 5.48. The zero-order valence-electron chi connectivity index (χ0n) is 19.8. The molecule has 0 aliphatic carbocycles. The standard InChI is InChI=1S/C22H35N5O3S2/c1-7-16(5)23-20(28)15-31-22-25-24-21(27(22)17(6)8-2)18-12-11-13-19(14-18)32(29,30)26(9-3)10-4/h11-14,16-17H,7-10,15H2,1-6H3,(H,23,28). The highest BCUT2D eigenvalue weighted by Crippen LogP contribution is 2.30. The number of carbonyl (C=O) groups is 1. The molecule has 1 aromatic carbocycles. The van der Waals surface area contributed by atoms with Gasteiger partial charge in [0.1, 0.15) is 0 Å². The molecule has 1 heterocycles. The highest BCUT2D eigenvalue weighted by atomic mass is 32.2. The van der Waals surface area contributed by atoms with Crippen LogP contribution in [0.5, 0.6) is 0 Å². The number of thioether (sulfide) groups is 1. The number of nitrogens with one attached hydrogen (secondary N) is 1. The number of sulfonamides is 1. The molecule has 0 saturated carbocycles. The predicted octanol–water partition coefficient (Wildman–Crippen LogP) is 3.95. The summed E-state index contributed by atoms with van der Waals surface area (Å²) in [5.74, 6) is 0.799. The normalized spacial score (nSPS) is 13.8. The molecule has 0 aliphatic heterocycles. The van der Waals surface area contributed by atoms with E-state index >= 15 is 0 Å². The average molecular weight is 482 g/mol. The summed E-state index contributed by atoms with van der Waals surface area (Å²) in [6.45, 7) is 12.6. The fourth-order valence-corrected chi connectivity index (χ4v) is 5.56. The zero-order valence-corrected chi connectivity index (χ0v) is 21.5. The van der Waals surface area contributed by atoms with Crippen molar-refractivity contribution < 1.29 is 13.2 Å². The minimum absolute atomic E-state index is 0.0445. The number of benzene rings is 1. The van der Waals surface area contributed by atoms with E-state index in [4.69, 9.17) is 0 Å². The number of hydrogen-bond acceptors (Lipinski definition) is 6. The van der Waals surface area contributed by atoms with Gasteiger partial charge in [0.25, 0.3) is 0 Å².